The number of halogens is 3. The van der Waals surface area contributed by atoms with Crippen LogP contribution in [-0.2, 0) is 11.3 Å². The average Bonchev–Trinajstić information content (AvgIpc) is 2.92. The lowest BCUT2D eigenvalue weighted by atomic mass is 9.86. The molecule has 2 saturated heterocycles. The minimum atomic E-state index is -2.56. The molecule has 2 aliphatic heterocycles. The topological polar surface area (TPSA) is 86.9 Å². The van der Waals surface area contributed by atoms with E-state index in [1.807, 2.05) is 26.0 Å². The molecule has 1 aliphatic carbocycles. The van der Waals surface area contributed by atoms with Crippen molar-refractivity contribution in [3.63, 3.8) is 0 Å². The third-order valence-electron chi connectivity index (χ3n) is 8.89. The number of carbonyl (C=O) groups excluding carboxylic acids is 1. The molecule has 230 valence electrons. The summed E-state index contributed by atoms with van der Waals surface area (Å²) in [6.07, 6.45) is 2.93. The van der Waals surface area contributed by atoms with E-state index in [2.05, 4.69) is 27.0 Å². The Kier molecular flexibility index (Phi) is 9.44. The lowest BCUT2D eigenvalue weighted by Gasteiger charge is -2.45. The van der Waals surface area contributed by atoms with E-state index in [-0.39, 0.29) is 48.7 Å². The van der Waals surface area contributed by atoms with E-state index < -0.39 is 11.8 Å². The van der Waals surface area contributed by atoms with Gasteiger partial charge in [0, 0.05) is 94.5 Å². The van der Waals surface area contributed by atoms with Crippen molar-refractivity contribution >= 4 is 23.2 Å². The molecule has 42 heavy (non-hydrogen) atoms. The Morgan fingerprint density at radius 1 is 1.19 bits per heavy atom. The van der Waals surface area contributed by atoms with Crippen molar-refractivity contribution in [3.05, 3.63) is 56.0 Å². The number of alkyl halides is 2. The van der Waals surface area contributed by atoms with Gasteiger partial charge in [0.25, 0.3) is 17.4 Å². The molecule has 0 bridgehead atoms. The number of benzene rings is 1. The van der Waals surface area contributed by atoms with Gasteiger partial charge in [-0.2, -0.15) is 0 Å². The highest BCUT2D eigenvalue weighted by Gasteiger charge is 2.41. The molecule has 0 unspecified atom stereocenters. The summed E-state index contributed by atoms with van der Waals surface area (Å²) in [5.74, 6) is -2.41. The summed E-state index contributed by atoms with van der Waals surface area (Å²) in [6.45, 7) is 8.61. The van der Waals surface area contributed by atoms with Gasteiger partial charge in [-0.05, 0) is 51.3 Å². The number of piperidine rings is 1. The molecule has 5 rings (SSSR count). The van der Waals surface area contributed by atoms with E-state index in [0.717, 1.165) is 42.6 Å². The number of carbonyl (C=O) groups is 1. The van der Waals surface area contributed by atoms with Crippen LogP contribution in [0, 0.1) is 13.8 Å². The van der Waals surface area contributed by atoms with Crippen LogP contribution in [-0.4, -0.2) is 72.7 Å². The van der Waals surface area contributed by atoms with Crippen molar-refractivity contribution in [2.45, 2.75) is 90.0 Å². The molecule has 11 heteroatoms. The van der Waals surface area contributed by atoms with Gasteiger partial charge in [0.05, 0.1) is 16.3 Å². The molecule has 1 saturated carbocycles. The zero-order chi connectivity index (χ0) is 30.0. The minimum Gasteiger partial charge on any atom is -0.490 e. The third kappa shape index (κ3) is 6.92. The van der Waals surface area contributed by atoms with Gasteiger partial charge in [0.1, 0.15) is 11.9 Å². The molecule has 0 atom stereocenters. The highest BCUT2D eigenvalue weighted by molar-refractivity contribution is 6.36. The largest absolute Gasteiger partial charge is 0.490 e. The Labute approximate surface area is 250 Å². The zero-order valence-corrected chi connectivity index (χ0v) is 25.4. The van der Waals surface area contributed by atoms with Crippen molar-refractivity contribution in [1.82, 2.24) is 15.2 Å². The van der Waals surface area contributed by atoms with Gasteiger partial charge in [0.2, 0.25) is 0 Å². The summed E-state index contributed by atoms with van der Waals surface area (Å²) in [6, 6.07) is 5.88. The maximum Gasteiger partial charge on any atom is 0.253 e. The predicted molar refractivity (Wildman–Crippen MR) is 159 cm³/mol. The van der Waals surface area contributed by atoms with Crippen molar-refractivity contribution in [2.75, 3.05) is 37.7 Å². The molecular weight excluding hydrogens is 566 g/mol. The number of pyridine rings is 1. The molecule has 2 aromatic rings. The number of aryl methyl sites for hydroxylation is 2. The number of hydrogen-bond acceptors (Lipinski definition) is 6. The van der Waals surface area contributed by atoms with Gasteiger partial charge in [-0.25, -0.2) is 8.78 Å². The quantitative estimate of drug-likeness (QED) is 0.407. The summed E-state index contributed by atoms with van der Waals surface area (Å²) < 4.78 is 39.2. The van der Waals surface area contributed by atoms with Gasteiger partial charge >= 0.3 is 0 Å². The molecule has 1 amide bonds. The number of aromatic amines is 1. The van der Waals surface area contributed by atoms with Crippen LogP contribution in [0.4, 0.5) is 14.5 Å². The highest BCUT2D eigenvalue weighted by atomic mass is 35.5. The lowest BCUT2D eigenvalue weighted by molar-refractivity contribution is -0.0811. The SMILES string of the molecule is CCN(c1cc(OC2CC(N3CCC(F)(F)CC3)C2)cc(C(=O)NCc2c(C)cc(C)[nH]c2=O)c1Cl)C1CCOCC1. The van der Waals surface area contributed by atoms with Crippen molar-refractivity contribution in [2.24, 2.45) is 0 Å². The fourth-order valence-corrected chi connectivity index (χ4v) is 6.66. The number of hydrogen-bond donors (Lipinski definition) is 2. The van der Waals surface area contributed by atoms with Gasteiger partial charge in [-0.15, -0.1) is 0 Å². The van der Waals surface area contributed by atoms with Gasteiger partial charge in [-0.3, -0.25) is 14.5 Å². The van der Waals surface area contributed by atoms with Crippen LogP contribution in [0.3, 0.4) is 0 Å². The van der Waals surface area contributed by atoms with Gasteiger partial charge in [-0.1, -0.05) is 11.6 Å². The maximum absolute atomic E-state index is 13.6. The second-order valence-corrected chi connectivity index (χ2v) is 12.2. The Hall–Kier alpha value is -2.69. The Morgan fingerprint density at radius 2 is 1.88 bits per heavy atom. The van der Waals surface area contributed by atoms with Crippen LogP contribution in [0.15, 0.2) is 23.0 Å². The van der Waals surface area contributed by atoms with E-state index in [0.29, 0.717) is 49.2 Å². The first-order valence-electron chi connectivity index (χ1n) is 15.0. The maximum atomic E-state index is 13.6. The number of amides is 1. The summed E-state index contributed by atoms with van der Waals surface area (Å²) in [4.78, 5) is 33.2. The normalized spacial score (nSPS) is 22.8. The van der Waals surface area contributed by atoms with E-state index in [9.17, 15) is 18.4 Å². The van der Waals surface area contributed by atoms with Crippen molar-refractivity contribution < 1.29 is 23.0 Å². The summed E-state index contributed by atoms with van der Waals surface area (Å²) in [5, 5.41) is 3.22. The molecule has 3 heterocycles. The van der Waals surface area contributed by atoms with Crippen LogP contribution in [0.1, 0.15) is 72.6 Å². The van der Waals surface area contributed by atoms with Gasteiger partial charge < -0.3 is 24.7 Å². The molecule has 2 N–H and O–H groups in total. The molecule has 1 aromatic carbocycles. The first-order valence-corrected chi connectivity index (χ1v) is 15.4. The van der Waals surface area contributed by atoms with E-state index in [4.69, 9.17) is 21.1 Å². The second-order valence-electron chi connectivity index (χ2n) is 11.8. The molecular formula is C31H41ClF2N4O4. The highest BCUT2D eigenvalue weighted by Crippen LogP contribution is 2.39. The Morgan fingerprint density at radius 3 is 2.52 bits per heavy atom. The number of rotatable bonds is 9. The smallest absolute Gasteiger partial charge is 0.253 e. The zero-order valence-electron chi connectivity index (χ0n) is 24.6. The first-order chi connectivity index (χ1) is 20.0. The third-order valence-corrected chi connectivity index (χ3v) is 9.29. The van der Waals surface area contributed by atoms with Crippen LogP contribution in [0.5, 0.6) is 5.75 Å². The number of likely N-dealkylation sites (tertiary alicyclic amines) is 1. The molecule has 3 fully saturated rings. The van der Waals surface area contributed by atoms with Crippen molar-refractivity contribution in [3.8, 4) is 5.75 Å². The molecule has 8 nitrogen and oxygen atoms in total. The summed E-state index contributed by atoms with van der Waals surface area (Å²) >= 11 is 6.94. The lowest BCUT2D eigenvalue weighted by Crippen LogP contribution is -2.53. The molecule has 3 aliphatic rings. The average molecular weight is 607 g/mol. The summed E-state index contributed by atoms with van der Waals surface area (Å²) in [5.41, 5.74) is 2.83. The summed E-state index contributed by atoms with van der Waals surface area (Å²) in [7, 11) is 0. The number of aromatic nitrogens is 1. The standard InChI is InChI=1S/C31H41ClF2N4O4/c1-4-38(21-5-11-41-12-6-21)27-17-24(42-23-14-22(15-23)37-9-7-31(33,34)8-10-37)16-25(28(27)32)29(39)35-18-26-19(2)13-20(3)36-30(26)40/h13,16-17,21-23H,4-12,14-15,18H2,1-3H3,(H,35,39)(H,36,40). The number of H-pyrrole nitrogens is 1. The monoisotopic (exact) mass is 606 g/mol. The van der Waals surface area contributed by atoms with Crippen LogP contribution in [0.25, 0.3) is 0 Å². The Bertz CT molecular complexity index is 1330. The fourth-order valence-electron chi connectivity index (χ4n) is 6.35. The molecule has 0 radical (unpaired) electrons. The molecule has 0 spiro atoms. The van der Waals surface area contributed by atoms with Crippen LogP contribution < -0.4 is 20.5 Å². The number of nitrogens with zero attached hydrogens (tertiary/aromatic N) is 2. The van der Waals surface area contributed by atoms with Crippen molar-refractivity contribution in [1.29, 1.82) is 0 Å². The fraction of sp³-hybridized carbons (Fsp3) is 0.613. The number of ether oxygens (including phenoxy) is 2. The number of nitrogens with one attached hydrogen (secondary N) is 2. The van der Waals surface area contributed by atoms with E-state index in [1.54, 1.807) is 6.07 Å². The Balaban J connectivity index is 1.35. The van der Waals surface area contributed by atoms with E-state index in [1.165, 1.54) is 0 Å². The second kappa shape index (κ2) is 12.9. The van der Waals surface area contributed by atoms with Gasteiger partial charge in [0.15, 0.2) is 0 Å². The van der Waals surface area contributed by atoms with Crippen LogP contribution in [0.2, 0.25) is 5.02 Å². The minimum absolute atomic E-state index is 0.0632. The number of anilines is 1. The molecule has 1 aromatic heterocycles. The van der Waals surface area contributed by atoms with E-state index >= 15 is 0 Å². The van der Waals surface area contributed by atoms with Crippen LogP contribution >= 0.6 is 11.6 Å². The predicted octanol–water partition coefficient (Wildman–Crippen LogP) is 5.22. The first kappa shape index (κ1) is 30.8.